The molecule has 0 aliphatic carbocycles. The predicted molar refractivity (Wildman–Crippen MR) is 54.5 cm³/mol. The Morgan fingerprint density at radius 3 is 3.08 bits per heavy atom. The first-order chi connectivity index (χ1) is 5.74. The summed E-state index contributed by atoms with van der Waals surface area (Å²) in [7, 11) is 1.76. The summed E-state index contributed by atoms with van der Waals surface area (Å²) in [5, 5.41) is 0. The van der Waals surface area contributed by atoms with Crippen LogP contribution in [-0.4, -0.2) is 37.7 Å². The van der Waals surface area contributed by atoms with Gasteiger partial charge in [0.1, 0.15) is 0 Å². The zero-order valence-electron chi connectivity index (χ0n) is 7.55. The van der Waals surface area contributed by atoms with Gasteiger partial charge in [-0.25, -0.2) is 0 Å². The molecule has 1 aliphatic rings. The molecule has 0 amide bonds. The highest BCUT2D eigenvalue weighted by atomic mass is 79.9. The second-order valence-corrected chi connectivity index (χ2v) is 4.36. The zero-order valence-corrected chi connectivity index (χ0v) is 9.14. The standard InChI is InChI=1S/C9H16BrNO/c1-8(10)6-11-5-3-4-9(11)7-12-2/h9H,1,3-7H2,2H3/t9-/m0/s1. The van der Waals surface area contributed by atoms with Crippen molar-refractivity contribution >= 4 is 15.9 Å². The molecule has 1 heterocycles. The summed E-state index contributed by atoms with van der Waals surface area (Å²) < 4.78 is 6.21. The van der Waals surface area contributed by atoms with Crippen molar-refractivity contribution in [2.24, 2.45) is 0 Å². The molecule has 0 unspecified atom stereocenters. The predicted octanol–water partition coefficient (Wildman–Crippen LogP) is 2.01. The molecule has 1 atom stereocenters. The molecular weight excluding hydrogens is 218 g/mol. The monoisotopic (exact) mass is 233 g/mol. The van der Waals surface area contributed by atoms with Gasteiger partial charge in [0.2, 0.25) is 0 Å². The highest BCUT2D eigenvalue weighted by Gasteiger charge is 2.23. The van der Waals surface area contributed by atoms with E-state index in [9.17, 15) is 0 Å². The van der Waals surface area contributed by atoms with E-state index in [0.29, 0.717) is 6.04 Å². The molecule has 12 heavy (non-hydrogen) atoms. The average molecular weight is 234 g/mol. The molecule has 0 bridgehead atoms. The topological polar surface area (TPSA) is 12.5 Å². The maximum absolute atomic E-state index is 5.15. The van der Waals surface area contributed by atoms with Gasteiger partial charge in [-0.1, -0.05) is 22.5 Å². The lowest BCUT2D eigenvalue weighted by molar-refractivity contribution is 0.122. The summed E-state index contributed by atoms with van der Waals surface area (Å²) in [6.45, 7) is 6.83. The van der Waals surface area contributed by atoms with Gasteiger partial charge in [0.05, 0.1) is 6.61 Å². The number of ether oxygens (including phenoxy) is 1. The van der Waals surface area contributed by atoms with Gasteiger partial charge < -0.3 is 4.74 Å². The van der Waals surface area contributed by atoms with E-state index in [1.165, 1.54) is 19.4 Å². The van der Waals surface area contributed by atoms with Crippen molar-refractivity contribution in [2.75, 3.05) is 26.8 Å². The lowest BCUT2D eigenvalue weighted by Crippen LogP contribution is -2.33. The number of hydrogen-bond acceptors (Lipinski definition) is 2. The highest BCUT2D eigenvalue weighted by Crippen LogP contribution is 2.19. The van der Waals surface area contributed by atoms with Crippen LogP contribution in [0.3, 0.4) is 0 Å². The molecule has 70 valence electrons. The van der Waals surface area contributed by atoms with Crippen LogP contribution in [0, 0.1) is 0 Å². The highest BCUT2D eigenvalue weighted by molar-refractivity contribution is 9.11. The molecule has 0 aromatic rings. The van der Waals surface area contributed by atoms with E-state index >= 15 is 0 Å². The third-order valence-corrected chi connectivity index (χ3v) is 2.48. The van der Waals surface area contributed by atoms with Gasteiger partial charge in [-0.15, -0.1) is 0 Å². The van der Waals surface area contributed by atoms with E-state index in [0.717, 1.165) is 17.6 Å². The van der Waals surface area contributed by atoms with Crippen molar-refractivity contribution in [1.82, 2.24) is 4.90 Å². The van der Waals surface area contributed by atoms with Crippen LogP contribution >= 0.6 is 15.9 Å². The number of nitrogens with zero attached hydrogens (tertiary/aromatic N) is 1. The van der Waals surface area contributed by atoms with Crippen molar-refractivity contribution in [3.63, 3.8) is 0 Å². The minimum absolute atomic E-state index is 0.601. The van der Waals surface area contributed by atoms with Gasteiger partial charge in [0.15, 0.2) is 0 Å². The maximum atomic E-state index is 5.15. The van der Waals surface area contributed by atoms with Crippen molar-refractivity contribution in [3.8, 4) is 0 Å². The number of halogens is 1. The Morgan fingerprint density at radius 1 is 1.75 bits per heavy atom. The molecule has 0 spiro atoms. The minimum Gasteiger partial charge on any atom is -0.383 e. The molecule has 1 aliphatic heterocycles. The molecule has 0 aromatic heterocycles. The van der Waals surface area contributed by atoms with Crippen LogP contribution in [-0.2, 0) is 4.74 Å². The van der Waals surface area contributed by atoms with Crippen LogP contribution in [0.2, 0.25) is 0 Å². The smallest absolute Gasteiger partial charge is 0.0618 e. The summed E-state index contributed by atoms with van der Waals surface area (Å²) in [5.41, 5.74) is 0. The van der Waals surface area contributed by atoms with Crippen molar-refractivity contribution < 1.29 is 4.74 Å². The average Bonchev–Trinajstić information content (AvgIpc) is 2.37. The number of rotatable bonds is 4. The quantitative estimate of drug-likeness (QED) is 0.737. The third-order valence-electron chi connectivity index (χ3n) is 2.23. The Labute approximate surface area is 82.7 Å². The van der Waals surface area contributed by atoms with E-state index < -0.39 is 0 Å². The van der Waals surface area contributed by atoms with E-state index in [4.69, 9.17) is 4.74 Å². The lowest BCUT2D eigenvalue weighted by Gasteiger charge is -2.22. The summed E-state index contributed by atoms with van der Waals surface area (Å²) in [6, 6.07) is 0.601. The molecule has 0 N–H and O–H groups in total. The van der Waals surface area contributed by atoms with E-state index in [1.54, 1.807) is 7.11 Å². The molecule has 0 saturated carbocycles. The molecular formula is C9H16BrNO. The summed E-state index contributed by atoms with van der Waals surface area (Å²) in [4.78, 5) is 2.42. The molecule has 0 radical (unpaired) electrons. The van der Waals surface area contributed by atoms with E-state index in [1.807, 2.05) is 0 Å². The fraction of sp³-hybridized carbons (Fsp3) is 0.778. The van der Waals surface area contributed by atoms with E-state index in [-0.39, 0.29) is 0 Å². The van der Waals surface area contributed by atoms with Crippen LogP contribution in [0.25, 0.3) is 0 Å². The summed E-state index contributed by atoms with van der Waals surface area (Å²) >= 11 is 3.39. The van der Waals surface area contributed by atoms with Crippen LogP contribution < -0.4 is 0 Å². The van der Waals surface area contributed by atoms with Gasteiger partial charge in [-0.05, 0) is 19.4 Å². The van der Waals surface area contributed by atoms with Gasteiger partial charge in [0.25, 0.3) is 0 Å². The Morgan fingerprint density at radius 2 is 2.50 bits per heavy atom. The van der Waals surface area contributed by atoms with Crippen molar-refractivity contribution in [2.45, 2.75) is 18.9 Å². The third kappa shape index (κ3) is 2.88. The Bertz CT molecular complexity index is 161. The van der Waals surface area contributed by atoms with Crippen molar-refractivity contribution in [3.05, 3.63) is 11.1 Å². The molecule has 3 heteroatoms. The number of methoxy groups -OCH3 is 1. The zero-order chi connectivity index (χ0) is 8.97. The van der Waals surface area contributed by atoms with Gasteiger partial charge in [-0.3, -0.25) is 4.90 Å². The van der Waals surface area contributed by atoms with Gasteiger partial charge in [0, 0.05) is 24.2 Å². The first-order valence-corrected chi connectivity index (χ1v) is 5.09. The molecule has 0 aromatic carbocycles. The Kier molecular flexibility index (Phi) is 4.26. The molecule has 1 fully saturated rings. The van der Waals surface area contributed by atoms with Crippen LogP contribution in [0.5, 0.6) is 0 Å². The number of hydrogen-bond donors (Lipinski definition) is 0. The molecule has 1 saturated heterocycles. The first-order valence-electron chi connectivity index (χ1n) is 4.30. The summed E-state index contributed by atoms with van der Waals surface area (Å²) in [5.74, 6) is 0. The normalized spacial score (nSPS) is 24.7. The molecule has 2 nitrogen and oxygen atoms in total. The van der Waals surface area contributed by atoms with Crippen LogP contribution in [0.1, 0.15) is 12.8 Å². The first kappa shape index (κ1) is 10.2. The second kappa shape index (κ2) is 5.00. The Hall–Kier alpha value is 0.140. The molecule has 1 rings (SSSR count). The van der Waals surface area contributed by atoms with Crippen LogP contribution in [0.4, 0.5) is 0 Å². The maximum Gasteiger partial charge on any atom is 0.0618 e. The minimum atomic E-state index is 0.601. The lowest BCUT2D eigenvalue weighted by atomic mass is 10.2. The van der Waals surface area contributed by atoms with Crippen LogP contribution in [0.15, 0.2) is 11.1 Å². The van der Waals surface area contributed by atoms with Crippen molar-refractivity contribution in [1.29, 1.82) is 0 Å². The number of likely N-dealkylation sites (tertiary alicyclic amines) is 1. The SMILES string of the molecule is C=C(Br)CN1CCC[C@H]1COC. The Balaban J connectivity index is 2.35. The fourth-order valence-electron chi connectivity index (χ4n) is 1.70. The summed E-state index contributed by atoms with van der Waals surface area (Å²) in [6.07, 6.45) is 2.54. The van der Waals surface area contributed by atoms with E-state index in [2.05, 4.69) is 27.4 Å². The largest absolute Gasteiger partial charge is 0.383 e. The second-order valence-electron chi connectivity index (χ2n) is 3.24. The fourth-order valence-corrected chi connectivity index (χ4v) is 2.03. The van der Waals surface area contributed by atoms with Gasteiger partial charge >= 0.3 is 0 Å². The van der Waals surface area contributed by atoms with Gasteiger partial charge in [-0.2, -0.15) is 0 Å².